The van der Waals surface area contributed by atoms with Crippen molar-refractivity contribution in [3.8, 4) is 0 Å². The number of nitrogen functional groups attached to an aromatic ring is 1. The normalized spacial score (nSPS) is 20.3. The first-order chi connectivity index (χ1) is 22.0. The van der Waals surface area contributed by atoms with Crippen LogP contribution in [0.5, 0.6) is 0 Å². The lowest BCUT2D eigenvalue weighted by Gasteiger charge is -2.50. The number of thioether (sulfide) groups is 1. The second-order valence-electron chi connectivity index (χ2n) is 11.0. The lowest BCUT2D eigenvalue weighted by atomic mass is 10.0. The molecular weight excluding hydrogens is 660 g/mol. The number of nitrogens with zero attached hydrogens (tertiary/aromatic N) is 5. The summed E-state index contributed by atoms with van der Waals surface area (Å²) in [6, 6.07) is 4.74. The zero-order chi connectivity index (χ0) is 32.7. The highest BCUT2D eigenvalue weighted by Crippen LogP contribution is 2.41. The monoisotopic (exact) mass is 688 g/mol. The molecule has 0 radical (unpaired) electrons. The zero-order valence-electron chi connectivity index (χ0n) is 24.4. The second kappa shape index (κ2) is 12.5. The van der Waals surface area contributed by atoms with E-state index in [9.17, 15) is 29.4 Å². The maximum absolute atomic E-state index is 13.4. The number of β-lactam (4-membered cyclic amide) rings is 1. The summed E-state index contributed by atoms with van der Waals surface area (Å²) in [7, 11) is 1.90. The second-order valence-corrected chi connectivity index (χ2v) is 13.7. The van der Waals surface area contributed by atoms with Crippen molar-refractivity contribution in [2.24, 2.45) is 5.16 Å². The van der Waals surface area contributed by atoms with E-state index in [1.807, 2.05) is 42.2 Å². The van der Waals surface area contributed by atoms with Gasteiger partial charge in [-0.25, -0.2) is 9.78 Å². The Kier molecular flexibility index (Phi) is 8.66. The predicted molar refractivity (Wildman–Crippen MR) is 166 cm³/mol. The minimum absolute atomic E-state index is 0.0106. The summed E-state index contributed by atoms with van der Waals surface area (Å²) in [5, 5.41) is 30.6. The number of carboxylic acids is 2. The van der Waals surface area contributed by atoms with Crippen LogP contribution in [0.3, 0.4) is 0 Å². The predicted octanol–water partition coefficient (Wildman–Crippen LogP) is -0.328. The van der Waals surface area contributed by atoms with E-state index < -0.39 is 46.5 Å². The van der Waals surface area contributed by atoms with Crippen LogP contribution in [0.1, 0.15) is 25.0 Å². The number of hydrogen-bond acceptors (Lipinski definition) is 12. The highest BCUT2D eigenvalue weighted by molar-refractivity contribution is 8.00. The van der Waals surface area contributed by atoms with Gasteiger partial charge in [0.15, 0.2) is 23.6 Å². The summed E-state index contributed by atoms with van der Waals surface area (Å²) >= 11 is 8.39. The molecule has 3 aromatic rings. The molecule has 15 nitrogen and oxygen atoms in total. The molecule has 18 heteroatoms. The van der Waals surface area contributed by atoms with Gasteiger partial charge < -0.3 is 40.8 Å². The fourth-order valence-electron chi connectivity index (χ4n) is 5.43. The van der Waals surface area contributed by atoms with Crippen LogP contribution in [0.2, 0.25) is 4.34 Å². The molecule has 5 heterocycles. The molecule has 6 rings (SSSR count). The number of aromatic nitrogens is 3. The van der Waals surface area contributed by atoms with Crippen LogP contribution in [-0.2, 0) is 37.1 Å². The maximum atomic E-state index is 13.4. The highest BCUT2D eigenvalue weighted by atomic mass is 35.5. The van der Waals surface area contributed by atoms with E-state index in [4.69, 9.17) is 22.2 Å². The standard InChI is InChI=1S/C28H29ClN8O7S2/c1-31-8-3-10-35-11-5-16-15(35)4-2-9-36(16)12-14-13-45-24-19(23(39)37(24)20(14)25(40)41)32-22(38)18(17-21(29)46-27(30)33-17)34-44-28(6-7-28)26(42)43/h2,4-5,9,11,19,24,31H,3,6-8,10,12-13H2,1H3,(H4-,30,32,33,38,40,41,42,43)/b34-18-. The highest BCUT2D eigenvalue weighted by Gasteiger charge is 2.55. The van der Waals surface area contributed by atoms with E-state index >= 15 is 0 Å². The fourth-order valence-corrected chi connectivity index (χ4v) is 7.69. The Morgan fingerprint density at radius 1 is 1.35 bits per heavy atom. The van der Waals surface area contributed by atoms with Gasteiger partial charge in [-0.2, -0.15) is 4.57 Å². The first kappa shape index (κ1) is 31.8. The molecular formula is C28H29ClN8O7S2. The molecule has 5 N–H and O–H groups in total. The summed E-state index contributed by atoms with van der Waals surface area (Å²) in [5.41, 5.74) is 5.74. The van der Waals surface area contributed by atoms with Gasteiger partial charge in [0.1, 0.15) is 27.0 Å². The topological polar surface area (TPSA) is 208 Å². The van der Waals surface area contributed by atoms with Gasteiger partial charge in [0.05, 0.1) is 11.7 Å². The molecule has 0 spiro atoms. The van der Waals surface area contributed by atoms with Crippen molar-refractivity contribution in [1.29, 1.82) is 0 Å². The number of hydrogen-bond donors (Lipinski definition) is 4. The Bertz CT molecular complexity index is 1820. The third kappa shape index (κ3) is 5.78. The average Bonchev–Trinajstić information content (AvgIpc) is 3.60. The first-order valence-electron chi connectivity index (χ1n) is 14.3. The Balaban J connectivity index is 1.22. The molecule has 242 valence electrons. The molecule has 3 aromatic heterocycles. The van der Waals surface area contributed by atoms with Crippen molar-refractivity contribution in [2.75, 3.05) is 25.1 Å². The van der Waals surface area contributed by atoms with Crippen LogP contribution in [0, 0.1) is 0 Å². The van der Waals surface area contributed by atoms with Crippen LogP contribution in [0.25, 0.3) is 11.0 Å². The minimum Gasteiger partial charge on any atom is -0.543 e. The van der Waals surface area contributed by atoms with Crippen LogP contribution in [0.4, 0.5) is 5.13 Å². The quantitative estimate of drug-likeness (QED) is 0.0601. The number of nitrogens with two attached hydrogens (primary N) is 1. The van der Waals surface area contributed by atoms with Crippen molar-refractivity contribution < 1.29 is 38.8 Å². The average molecular weight is 689 g/mol. The molecule has 2 amide bonds. The van der Waals surface area contributed by atoms with Gasteiger partial charge in [-0.05, 0) is 26.1 Å². The van der Waals surface area contributed by atoms with Gasteiger partial charge in [-0.1, -0.05) is 28.1 Å². The zero-order valence-corrected chi connectivity index (χ0v) is 26.8. The number of thiazole rings is 1. The van der Waals surface area contributed by atoms with Crippen molar-refractivity contribution in [3.63, 3.8) is 0 Å². The van der Waals surface area contributed by atoms with Gasteiger partial charge in [-0.15, -0.1) is 11.8 Å². The van der Waals surface area contributed by atoms with Crippen molar-refractivity contribution in [3.05, 3.63) is 51.9 Å². The number of halogens is 1. The molecule has 2 aliphatic heterocycles. The number of amides is 2. The molecule has 2 fully saturated rings. The lowest BCUT2D eigenvalue weighted by Crippen LogP contribution is -2.71. The number of pyridine rings is 1. The number of anilines is 1. The number of carbonyl (C=O) groups is 4. The first-order valence-corrected chi connectivity index (χ1v) is 16.5. The number of carboxylic acid groups (broad SMARTS) is 2. The number of aryl methyl sites for hydroxylation is 1. The Morgan fingerprint density at radius 2 is 2.13 bits per heavy atom. The third-order valence-corrected chi connectivity index (χ3v) is 10.4. The van der Waals surface area contributed by atoms with E-state index in [-0.39, 0.29) is 46.0 Å². The largest absolute Gasteiger partial charge is 0.543 e. The summed E-state index contributed by atoms with van der Waals surface area (Å²) in [6.07, 6.45) is 5.17. The summed E-state index contributed by atoms with van der Waals surface area (Å²) in [5.74, 6) is -4.06. The van der Waals surface area contributed by atoms with E-state index in [1.54, 1.807) is 0 Å². The van der Waals surface area contributed by atoms with Crippen molar-refractivity contribution in [1.82, 2.24) is 25.1 Å². The van der Waals surface area contributed by atoms with Crippen molar-refractivity contribution >= 4 is 80.3 Å². The molecule has 0 aromatic carbocycles. The van der Waals surface area contributed by atoms with E-state index in [2.05, 4.69) is 25.3 Å². The number of oxime groups is 1. The molecule has 46 heavy (non-hydrogen) atoms. The summed E-state index contributed by atoms with van der Waals surface area (Å²) < 4.78 is 4.08. The number of rotatable bonds is 13. The number of nitrogens with one attached hydrogen (secondary N) is 2. The van der Waals surface area contributed by atoms with Gasteiger partial charge in [0.2, 0.25) is 11.1 Å². The number of aliphatic carboxylic acids is 2. The molecule has 3 aliphatic rings. The fraction of sp³-hybridized carbons (Fsp3) is 0.393. The maximum Gasteiger partial charge on any atom is 0.350 e. The smallest absolute Gasteiger partial charge is 0.350 e. The summed E-state index contributed by atoms with van der Waals surface area (Å²) in [6.45, 7) is 1.90. The van der Waals surface area contributed by atoms with E-state index in [0.29, 0.717) is 5.57 Å². The Morgan fingerprint density at radius 3 is 2.78 bits per heavy atom. The van der Waals surface area contributed by atoms with Gasteiger partial charge in [-0.3, -0.25) is 14.5 Å². The van der Waals surface area contributed by atoms with Crippen LogP contribution >= 0.6 is 34.7 Å². The Labute approximate surface area is 275 Å². The molecule has 1 saturated heterocycles. The SMILES string of the molecule is CNCCCn1ccc2c1ccc[n+]2CC1=C(C(=O)[O-])N2C(=O)C(NC(=O)/C(=N\OC3(C(=O)O)CC3)c3nc(N)sc3Cl)C2SC1. The van der Waals surface area contributed by atoms with E-state index in [0.717, 1.165) is 46.8 Å². The molecule has 2 atom stereocenters. The van der Waals surface area contributed by atoms with Crippen LogP contribution in [0.15, 0.2) is 47.0 Å². The summed E-state index contributed by atoms with van der Waals surface area (Å²) in [4.78, 5) is 61.2. The van der Waals surface area contributed by atoms with Gasteiger partial charge in [0.25, 0.3) is 11.8 Å². The van der Waals surface area contributed by atoms with Crippen LogP contribution in [-0.4, -0.2) is 85.4 Å². The van der Waals surface area contributed by atoms with Gasteiger partial charge in [0, 0.05) is 49.0 Å². The third-order valence-electron chi connectivity index (χ3n) is 7.98. The molecule has 1 saturated carbocycles. The molecule has 1 aliphatic carbocycles. The van der Waals surface area contributed by atoms with Crippen LogP contribution < -0.4 is 26.0 Å². The number of fused-ring (bicyclic) bond motifs is 2. The van der Waals surface area contributed by atoms with Gasteiger partial charge >= 0.3 is 5.97 Å². The number of carbonyl (C=O) groups excluding carboxylic acids is 3. The van der Waals surface area contributed by atoms with E-state index in [1.165, 1.54) is 11.8 Å². The molecule has 0 bridgehead atoms. The lowest BCUT2D eigenvalue weighted by molar-refractivity contribution is -0.663. The van der Waals surface area contributed by atoms with Crippen molar-refractivity contribution in [2.45, 2.75) is 49.4 Å². The Hall–Kier alpha value is -4.19. The minimum atomic E-state index is -1.57. The molecule has 2 unspecified atom stereocenters.